The Labute approximate surface area is 119 Å². The number of hydrogen-bond acceptors (Lipinski definition) is 2. The molecule has 1 aliphatic rings. The van der Waals surface area contributed by atoms with Gasteiger partial charge >= 0.3 is 0 Å². The molecule has 1 fully saturated rings. The van der Waals surface area contributed by atoms with Crippen LogP contribution in [0.1, 0.15) is 32.4 Å². The van der Waals surface area contributed by atoms with Gasteiger partial charge in [-0.25, -0.2) is 0 Å². The van der Waals surface area contributed by atoms with Gasteiger partial charge in [0.05, 0.1) is 0 Å². The zero-order chi connectivity index (χ0) is 13.2. The van der Waals surface area contributed by atoms with Gasteiger partial charge in [0.25, 0.3) is 0 Å². The highest BCUT2D eigenvalue weighted by atomic mass is 79.9. The highest BCUT2D eigenvalue weighted by Crippen LogP contribution is 2.38. The van der Waals surface area contributed by atoms with Crippen LogP contribution in [-0.4, -0.2) is 31.1 Å². The minimum atomic E-state index is 0.248. The standard InChI is InChI=1S/C15H23BrN2/c1-15(2,3)14(18-9-7-17-8-10-18)12-5-4-6-13(16)11-12/h4-6,11,14,17H,7-10H2,1-3H3/t14-/m0/s1. The van der Waals surface area contributed by atoms with Crippen molar-refractivity contribution in [3.05, 3.63) is 34.3 Å². The van der Waals surface area contributed by atoms with E-state index in [1.165, 1.54) is 10.0 Å². The molecule has 0 saturated carbocycles. The molecule has 1 aromatic rings. The van der Waals surface area contributed by atoms with E-state index in [0.717, 1.165) is 26.2 Å². The molecular weight excluding hydrogens is 288 g/mol. The van der Waals surface area contributed by atoms with E-state index >= 15 is 0 Å². The first-order chi connectivity index (χ1) is 8.48. The third kappa shape index (κ3) is 3.34. The predicted octanol–water partition coefficient (Wildman–Crippen LogP) is 3.44. The van der Waals surface area contributed by atoms with Crippen molar-refractivity contribution >= 4 is 15.9 Å². The van der Waals surface area contributed by atoms with Crippen molar-refractivity contribution in [1.82, 2.24) is 10.2 Å². The van der Waals surface area contributed by atoms with E-state index in [-0.39, 0.29) is 5.41 Å². The Hall–Kier alpha value is -0.380. The Kier molecular flexibility index (Phi) is 4.46. The van der Waals surface area contributed by atoms with Gasteiger partial charge < -0.3 is 5.32 Å². The summed E-state index contributed by atoms with van der Waals surface area (Å²) in [5.41, 5.74) is 1.66. The quantitative estimate of drug-likeness (QED) is 0.900. The molecule has 1 atom stereocenters. The summed E-state index contributed by atoms with van der Waals surface area (Å²) in [6.07, 6.45) is 0. The zero-order valence-corrected chi connectivity index (χ0v) is 13.1. The maximum atomic E-state index is 3.59. The van der Waals surface area contributed by atoms with Crippen molar-refractivity contribution in [3.8, 4) is 0 Å². The maximum absolute atomic E-state index is 3.59. The Balaban J connectivity index is 2.30. The van der Waals surface area contributed by atoms with E-state index in [4.69, 9.17) is 0 Å². The van der Waals surface area contributed by atoms with E-state index in [0.29, 0.717) is 6.04 Å². The highest BCUT2D eigenvalue weighted by Gasteiger charge is 2.32. The van der Waals surface area contributed by atoms with Crippen molar-refractivity contribution < 1.29 is 0 Å². The maximum Gasteiger partial charge on any atom is 0.0397 e. The lowest BCUT2D eigenvalue weighted by atomic mass is 9.81. The minimum Gasteiger partial charge on any atom is -0.314 e. The summed E-state index contributed by atoms with van der Waals surface area (Å²) in [5.74, 6) is 0. The van der Waals surface area contributed by atoms with Gasteiger partial charge in [0.2, 0.25) is 0 Å². The lowest BCUT2D eigenvalue weighted by Gasteiger charge is -2.42. The van der Waals surface area contributed by atoms with Crippen LogP contribution in [0.2, 0.25) is 0 Å². The Morgan fingerprint density at radius 1 is 1.22 bits per heavy atom. The van der Waals surface area contributed by atoms with Crippen molar-refractivity contribution in [2.24, 2.45) is 5.41 Å². The van der Waals surface area contributed by atoms with Gasteiger partial charge in [-0.05, 0) is 23.1 Å². The average Bonchev–Trinajstić information content (AvgIpc) is 2.28. The SMILES string of the molecule is CC(C)(C)[C@H](c1cccc(Br)c1)N1CCNCC1. The Morgan fingerprint density at radius 3 is 2.44 bits per heavy atom. The molecule has 0 amide bonds. The molecule has 1 saturated heterocycles. The molecule has 1 heterocycles. The third-order valence-electron chi connectivity index (χ3n) is 3.50. The summed E-state index contributed by atoms with van der Waals surface area (Å²) < 4.78 is 1.17. The van der Waals surface area contributed by atoms with Gasteiger partial charge in [-0.2, -0.15) is 0 Å². The number of benzene rings is 1. The fourth-order valence-corrected chi connectivity index (χ4v) is 3.29. The van der Waals surface area contributed by atoms with Crippen LogP contribution in [-0.2, 0) is 0 Å². The summed E-state index contributed by atoms with van der Waals surface area (Å²) >= 11 is 3.59. The first-order valence-corrected chi connectivity index (χ1v) is 7.48. The lowest BCUT2D eigenvalue weighted by molar-refractivity contribution is 0.0862. The minimum absolute atomic E-state index is 0.248. The smallest absolute Gasteiger partial charge is 0.0397 e. The molecule has 2 rings (SSSR count). The van der Waals surface area contributed by atoms with Crippen LogP contribution in [0.25, 0.3) is 0 Å². The topological polar surface area (TPSA) is 15.3 Å². The number of piperazine rings is 1. The first kappa shape index (κ1) is 14.0. The largest absolute Gasteiger partial charge is 0.314 e. The molecule has 0 aromatic heterocycles. The van der Waals surface area contributed by atoms with Gasteiger partial charge in [0.15, 0.2) is 0 Å². The number of nitrogens with zero attached hydrogens (tertiary/aromatic N) is 1. The molecule has 18 heavy (non-hydrogen) atoms. The fraction of sp³-hybridized carbons (Fsp3) is 0.600. The van der Waals surface area contributed by atoms with Crippen molar-refractivity contribution in [1.29, 1.82) is 0 Å². The van der Waals surface area contributed by atoms with E-state index < -0.39 is 0 Å². The fourth-order valence-electron chi connectivity index (χ4n) is 2.88. The van der Waals surface area contributed by atoms with Gasteiger partial charge in [0.1, 0.15) is 0 Å². The monoisotopic (exact) mass is 310 g/mol. The Bertz CT molecular complexity index is 392. The predicted molar refractivity (Wildman–Crippen MR) is 80.8 cm³/mol. The molecule has 0 spiro atoms. The second-order valence-electron chi connectivity index (χ2n) is 6.11. The Morgan fingerprint density at radius 2 is 1.89 bits per heavy atom. The van der Waals surface area contributed by atoms with E-state index in [1.54, 1.807) is 0 Å². The van der Waals surface area contributed by atoms with Crippen LogP contribution in [0, 0.1) is 5.41 Å². The second-order valence-corrected chi connectivity index (χ2v) is 7.03. The number of hydrogen-bond donors (Lipinski definition) is 1. The molecule has 100 valence electrons. The molecule has 0 unspecified atom stereocenters. The first-order valence-electron chi connectivity index (χ1n) is 6.69. The lowest BCUT2D eigenvalue weighted by Crippen LogP contribution is -2.48. The average molecular weight is 311 g/mol. The highest BCUT2D eigenvalue weighted by molar-refractivity contribution is 9.10. The van der Waals surface area contributed by atoms with Crippen LogP contribution in [0.15, 0.2) is 28.7 Å². The molecule has 0 bridgehead atoms. The van der Waals surface area contributed by atoms with Crippen molar-refractivity contribution in [2.75, 3.05) is 26.2 Å². The van der Waals surface area contributed by atoms with E-state index in [1.807, 2.05) is 0 Å². The summed E-state index contributed by atoms with van der Waals surface area (Å²) in [5, 5.41) is 3.43. The molecule has 3 heteroatoms. The molecule has 0 aliphatic carbocycles. The van der Waals surface area contributed by atoms with E-state index in [2.05, 4.69) is 71.2 Å². The van der Waals surface area contributed by atoms with Gasteiger partial charge in [-0.15, -0.1) is 0 Å². The van der Waals surface area contributed by atoms with Crippen LogP contribution >= 0.6 is 15.9 Å². The summed E-state index contributed by atoms with van der Waals surface area (Å²) in [7, 11) is 0. The van der Waals surface area contributed by atoms with Crippen molar-refractivity contribution in [3.63, 3.8) is 0 Å². The number of halogens is 1. The normalized spacial score (nSPS) is 19.8. The van der Waals surface area contributed by atoms with Gasteiger partial charge in [0, 0.05) is 36.7 Å². The molecule has 1 N–H and O–H groups in total. The molecule has 1 aliphatic heterocycles. The van der Waals surface area contributed by atoms with Crippen LogP contribution < -0.4 is 5.32 Å². The second kappa shape index (κ2) is 5.72. The number of nitrogens with one attached hydrogen (secondary N) is 1. The number of rotatable bonds is 2. The molecule has 2 nitrogen and oxygen atoms in total. The van der Waals surface area contributed by atoms with Gasteiger partial charge in [-0.3, -0.25) is 4.90 Å². The van der Waals surface area contributed by atoms with E-state index in [9.17, 15) is 0 Å². The van der Waals surface area contributed by atoms with Gasteiger partial charge in [-0.1, -0.05) is 48.8 Å². The summed E-state index contributed by atoms with van der Waals surface area (Å²) in [4.78, 5) is 2.61. The molecule has 1 aromatic carbocycles. The third-order valence-corrected chi connectivity index (χ3v) is 3.99. The molecular formula is C15H23BrN2. The van der Waals surface area contributed by atoms with Crippen molar-refractivity contribution in [2.45, 2.75) is 26.8 Å². The molecule has 0 radical (unpaired) electrons. The van der Waals surface area contributed by atoms with Crippen LogP contribution in [0.5, 0.6) is 0 Å². The zero-order valence-electron chi connectivity index (χ0n) is 11.5. The van der Waals surface area contributed by atoms with Crippen LogP contribution in [0.4, 0.5) is 0 Å². The summed E-state index contributed by atoms with van der Waals surface area (Å²) in [6.45, 7) is 11.5. The summed E-state index contributed by atoms with van der Waals surface area (Å²) in [6, 6.07) is 9.24. The van der Waals surface area contributed by atoms with Crippen LogP contribution in [0.3, 0.4) is 0 Å².